The third-order valence-electron chi connectivity index (χ3n) is 1.90. The lowest BCUT2D eigenvalue weighted by Gasteiger charge is -2.01. The van der Waals surface area contributed by atoms with Crippen molar-refractivity contribution >= 4 is 24.0 Å². The molecule has 0 aromatic carbocycles. The summed E-state index contributed by atoms with van der Waals surface area (Å²) < 4.78 is 0. The average molecular weight is 199 g/mol. The van der Waals surface area contributed by atoms with E-state index in [2.05, 4.69) is 10.3 Å². The molecule has 1 aliphatic carbocycles. The summed E-state index contributed by atoms with van der Waals surface area (Å²) in [6.45, 7) is 0. The molecule has 2 rings (SSSR count). The van der Waals surface area contributed by atoms with Crippen LogP contribution in [0.1, 0.15) is 12.8 Å². The van der Waals surface area contributed by atoms with Crippen molar-refractivity contribution in [2.45, 2.75) is 12.8 Å². The van der Waals surface area contributed by atoms with Crippen LogP contribution >= 0.6 is 12.4 Å². The van der Waals surface area contributed by atoms with Crippen LogP contribution in [-0.4, -0.2) is 10.9 Å². The third-order valence-corrected chi connectivity index (χ3v) is 1.90. The summed E-state index contributed by atoms with van der Waals surface area (Å²) >= 11 is 0. The fourth-order valence-electron chi connectivity index (χ4n) is 1.03. The number of hydrogen-bond acceptors (Lipinski definition) is 2. The zero-order valence-electron chi connectivity index (χ0n) is 7.06. The minimum atomic E-state index is 0. The van der Waals surface area contributed by atoms with Crippen LogP contribution in [0, 0.1) is 5.92 Å². The molecule has 1 amide bonds. The normalized spacial score (nSPS) is 14.5. The van der Waals surface area contributed by atoms with Crippen LogP contribution in [0.4, 0.5) is 5.69 Å². The highest BCUT2D eigenvalue weighted by Crippen LogP contribution is 2.29. The molecule has 1 fully saturated rings. The highest BCUT2D eigenvalue weighted by atomic mass is 35.5. The largest absolute Gasteiger partial charge is 0.326 e. The van der Waals surface area contributed by atoms with Crippen molar-refractivity contribution in [3.05, 3.63) is 24.5 Å². The molecule has 0 aliphatic heterocycles. The lowest BCUT2D eigenvalue weighted by atomic mass is 10.3. The van der Waals surface area contributed by atoms with E-state index < -0.39 is 0 Å². The van der Waals surface area contributed by atoms with Gasteiger partial charge in [-0.15, -0.1) is 12.4 Å². The summed E-state index contributed by atoms with van der Waals surface area (Å²) in [4.78, 5) is 15.1. The van der Waals surface area contributed by atoms with Crippen LogP contribution in [0.3, 0.4) is 0 Å². The molecule has 0 saturated heterocycles. The fourth-order valence-corrected chi connectivity index (χ4v) is 1.03. The summed E-state index contributed by atoms with van der Waals surface area (Å²) in [6, 6.07) is 3.58. The van der Waals surface area contributed by atoms with Gasteiger partial charge in [0.15, 0.2) is 0 Å². The average Bonchev–Trinajstić information content (AvgIpc) is 2.88. The third kappa shape index (κ3) is 2.70. The van der Waals surface area contributed by atoms with E-state index in [0.29, 0.717) is 0 Å². The van der Waals surface area contributed by atoms with E-state index in [1.807, 2.05) is 0 Å². The first kappa shape index (κ1) is 9.99. The van der Waals surface area contributed by atoms with Gasteiger partial charge in [-0.1, -0.05) is 0 Å². The second-order valence-corrected chi connectivity index (χ2v) is 3.00. The fraction of sp³-hybridized carbons (Fsp3) is 0.333. The number of carbonyl (C=O) groups excluding carboxylic acids is 1. The Hall–Kier alpha value is -1.09. The van der Waals surface area contributed by atoms with Crippen LogP contribution in [0.5, 0.6) is 0 Å². The van der Waals surface area contributed by atoms with Crippen LogP contribution in [0.15, 0.2) is 24.5 Å². The Morgan fingerprint density at radius 1 is 1.38 bits per heavy atom. The number of amides is 1. The number of rotatable bonds is 2. The molecule has 1 aromatic heterocycles. The van der Waals surface area contributed by atoms with Gasteiger partial charge in [0.1, 0.15) is 0 Å². The quantitative estimate of drug-likeness (QED) is 0.788. The Labute approximate surface area is 83.0 Å². The highest BCUT2D eigenvalue weighted by Gasteiger charge is 2.29. The second-order valence-electron chi connectivity index (χ2n) is 3.00. The molecule has 0 radical (unpaired) electrons. The smallest absolute Gasteiger partial charge is 0.227 e. The van der Waals surface area contributed by atoms with Gasteiger partial charge in [-0.2, -0.15) is 0 Å². The first-order chi connectivity index (χ1) is 5.86. The minimum Gasteiger partial charge on any atom is -0.326 e. The molecule has 1 heterocycles. The van der Waals surface area contributed by atoms with Gasteiger partial charge in [0.05, 0.1) is 0 Å². The second kappa shape index (κ2) is 4.23. The van der Waals surface area contributed by atoms with Crippen LogP contribution in [-0.2, 0) is 4.79 Å². The molecule has 3 nitrogen and oxygen atoms in total. The molecule has 70 valence electrons. The lowest BCUT2D eigenvalue weighted by molar-refractivity contribution is -0.117. The number of carbonyl (C=O) groups is 1. The summed E-state index contributed by atoms with van der Waals surface area (Å²) in [5, 5.41) is 2.82. The molecular formula is C9H11ClN2O. The molecule has 0 atom stereocenters. The van der Waals surface area contributed by atoms with Crippen molar-refractivity contribution in [1.29, 1.82) is 0 Å². The number of nitrogens with one attached hydrogen (secondary N) is 1. The SMILES string of the molecule is Cl.O=C(Nc1ccncc1)C1CC1. The first-order valence-electron chi connectivity index (χ1n) is 4.07. The molecule has 0 unspecified atom stereocenters. The van der Waals surface area contributed by atoms with Crippen molar-refractivity contribution < 1.29 is 4.79 Å². The molecular weight excluding hydrogens is 188 g/mol. The van der Waals surface area contributed by atoms with E-state index in [9.17, 15) is 4.79 Å². The van der Waals surface area contributed by atoms with E-state index in [1.165, 1.54) is 0 Å². The monoisotopic (exact) mass is 198 g/mol. The number of nitrogens with zero attached hydrogens (tertiary/aromatic N) is 1. The molecule has 1 saturated carbocycles. The molecule has 1 aliphatic rings. The summed E-state index contributed by atoms with van der Waals surface area (Å²) in [6.07, 6.45) is 5.42. The lowest BCUT2D eigenvalue weighted by Crippen LogP contribution is -2.12. The van der Waals surface area contributed by atoms with Crippen LogP contribution < -0.4 is 5.32 Å². The zero-order valence-corrected chi connectivity index (χ0v) is 7.88. The predicted octanol–water partition coefficient (Wildman–Crippen LogP) is 1.85. The van der Waals surface area contributed by atoms with Crippen molar-refractivity contribution in [3.8, 4) is 0 Å². The first-order valence-corrected chi connectivity index (χ1v) is 4.07. The molecule has 0 spiro atoms. The Balaban J connectivity index is 0.000000845. The maximum Gasteiger partial charge on any atom is 0.227 e. The number of halogens is 1. The van der Waals surface area contributed by atoms with Crippen LogP contribution in [0.25, 0.3) is 0 Å². The van der Waals surface area contributed by atoms with E-state index >= 15 is 0 Å². The van der Waals surface area contributed by atoms with Gasteiger partial charge in [0.25, 0.3) is 0 Å². The Morgan fingerprint density at radius 3 is 2.54 bits per heavy atom. The Kier molecular flexibility index (Phi) is 3.25. The van der Waals surface area contributed by atoms with Gasteiger partial charge < -0.3 is 5.32 Å². The Morgan fingerprint density at radius 2 is 2.00 bits per heavy atom. The molecule has 1 N–H and O–H groups in total. The molecule has 13 heavy (non-hydrogen) atoms. The van der Waals surface area contributed by atoms with E-state index in [1.54, 1.807) is 24.5 Å². The number of anilines is 1. The highest BCUT2D eigenvalue weighted by molar-refractivity contribution is 5.93. The summed E-state index contributed by atoms with van der Waals surface area (Å²) in [5.74, 6) is 0.402. The van der Waals surface area contributed by atoms with Crippen molar-refractivity contribution in [2.24, 2.45) is 5.92 Å². The van der Waals surface area contributed by atoms with Crippen molar-refractivity contribution in [1.82, 2.24) is 4.98 Å². The van der Waals surface area contributed by atoms with Gasteiger partial charge in [-0.3, -0.25) is 9.78 Å². The van der Waals surface area contributed by atoms with Gasteiger partial charge in [-0.05, 0) is 25.0 Å². The van der Waals surface area contributed by atoms with Gasteiger partial charge in [0, 0.05) is 24.0 Å². The Bertz CT molecular complexity index is 285. The standard InChI is InChI=1S/C9H10N2O.ClH/c12-9(7-1-2-7)11-8-3-5-10-6-4-8;/h3-7H,1-2H2,(H,10,11,12);1H. The number of pyridine rings is 1. The molecule has 0 bridgehead atoms. The maximum absolute atomic E-state index is 11.2. The predicted molar refractivity (Wildman–Crippen MR) is 52.8 cm³/mol. The van der Waals surface area contributed by atoms with Gasteiger partial charge >= 0.3 is 0 Å². The van der Waals surface area contributed by atoms with E-state index in [-0.39, 0.29) is 24.2 Å². The minimum absolute atomic E-state index is 0. The zero-order chi connectivity index (χ0) is 8.39. The summed E-state index contributed by atoms with van der Waals surface area (Å²) in [7, 11) is 0. The van der Waals surface area contributed by atoms with E-state index in [4.69, 9.17) is 0 Å². The molecule has 1 aromatic rings. The maximum atomic E-state index is 11.2. The number of aromatic nitrogens is 1. The van der Waals surface area contributed by atoms with Crippen molar-refractivity contribution in [2.75, 3.05) is 5.32 Å². The van der Waals surface area contributed by atoms with Gasteiger partial charge in [-0.25, -0.2) is 0 Å². The summed E-state index contributed by atoms with van der Waals surface area (Å²) in [5.41, 5.74) is 0.835. The van der Waals surface area contributed by atoms with Crippen molar-refractivity contribution in [3.63, 3.8) is 0 Å². The van der Waals surface area contributed by atoms with Crippen LogP contribution in [0.2, 0.25) is 0 Å². The topological polar surface area (TPSA) is 42.0 Å². The molecule has 4 heteroatoms. The van der Waals surface area contributed by atoms with Gasteiger partial charge in [0.2, 0.25) is 5.91 Å². The van der Waals surface area contributed by atoms with E-state index in [0.717, 1.165) is 18.5 Å². The number of hydrogen-bond donors (Lipinski definition) is 1.